The van der Waals surface area contributed by atoms with E-state index in [0.29, 0.717) is 6.04 Å². The van der Waals surface area contributed by atoms with Crippen LogP contribution >= 0.6 is 0 Å². The lowest BCUT2D eigenvalue weighted by Gasteiger charge is -2.08. The summed E-state index contributed by atoms with van der Waals surface area (Å²) < 4.78 is 13.1. The van der Waals surface area contributed by atoms with Gasteiger partial charge in [-0.25, -0.2) is 0 Å². The zero-order valence-electron chi connectivity index (χ0n) is 11.1. The van der Waals surface area contributed by atoms with E-state index in [9.17, 15) is 4.21 Å². The molecule has 0 aromatic carbocycles. The molecule has 1 heterocycles. The molecule has 0 bridgehead atoms. The highest BCUT2D eigenvalue weighted by molar-refractivity contribution is 7.84. The van der Waals surface area contributed by atoms with E-state index in [2.05, 4.69) is 24.3 Å². The van der Waals surface area contributed by atoms with E-state index in [4.69, 9.17) is 0 Å². The molecule has 2 atom stereocenters. The Bertz CT molecular complexity index is 362. The summed E-state index contributed by atoms with van der Waals surface area (Å²) in [5.41, 5.74) is 1.06. The van der Waals surface area contributed by atoms with Crippen LogP contribution in [0.25, 0.3) is 0 Å². The molecule has 1 N–H and O–H groups in total. The van der Waals surface area contributed by atoms with Crippen molar-refractivity contribution < 1.29 is 4.21 Å². The minimum absolute atomic E-state index is 0.260. The van der Waals surface area contributed by atoms with Crippen LogP contribution in [0.2, 0.25) is 0 Å². The Labute approximate surface area is 106 Å². The van der Waals surface area contributed by atoms with Crippen LogP contribution in [0.1, 0.15) is 38.9 Å². The minimum atomic E-state index is -0.720. The van der Waals surface area contributed by atoms with Crippen LogP contribution < -0.4 is 5.32 Å². The molecule has 17 heavy (non-hydrogen) atoms. The standard InChI is InChI=1S/C12H23N3OS/c1-10(2)15-8-6-12(14-15)9-13-7-5-11(3)17(4)16/h6,8,10-11,13H,5,7,9H2,1-4H3. The summed E-state index contributed by atoms with van der Waals surface area (Å²) in [6, 6.07) is 2.44. The molecule has 1 aromatic heterocycles. The summed E-state index contributed by atoms with van der Waals surface area (Å²) in [5.74, 6) is 0. The van der Waals surface area contributed by atoms with E-state index in [-0.39, 0.29) is 5.25 Å². The van der Waals surface area contributed by atoms with Gasteiger partial charge in [-0.2, -0.15) is 5.10 Å². The molecule has 0 radical (unpaired) electrons. The van der Waals surface area contributed by atoms with E-state index in [0.717, 1.165) is 25.2 Å². The maximum absolute atomic E-state index is 11.2. The normalized spacial score (nSPS) is 15.1. The second-order valence-corrected chi connectivity index (χ2v) is 6.46. The first-order valence-corrected chi connectivity index (χ1v) is 7.69. The van der Waals surface area contributed by atoms with Gasteiger partial charge < -0.3 is 5.32 Å². The summed E-state index contributed by atoms with van der Waals surface area (Å²) in [4.78, 5) is 0. The van der Waals surface area contributed by atoms with E-state index in [1.807, 2.05) is 23.9 Å². The molecular formula is C12H23N3OS. The number of nitrogens with zero attached hydrogens (tertiary/aromatic N) is 2. The van der Waals surface area contributed by atoms with Crippen LogP contribution in [0.15, 0.2) is 12.3 Å². The quantitative estimate of drug-likeness (QED) is 0.756. The van der Waals surface area contributed by atoms with Crippen molar-refractivity contribution in [2.24, 2.45) is 0 Å². The molecular weight excluding hydrogens is 234 g/mol. The van der Waals surface area contributed by atoms with Gasteiger partial charge in [0.2, 0.25) is 0 Å². The van der Waals surface area contributed by atoms with Gasteiger partial charge in [0.15, 0.2) is 0 Å². The zero-order chi connectivity index (χ0) is 12.8. The number of rotatable bonds is 7. The monoisotopic (exact) mass is 257 g/mol. The van der Waals surface area contributed by atoms with Crippen LogP contribution in [-0.4, -0.2) is 32.0 Å². The maximum Gasteiger partial charge on any atom is 0.0762 e. The number of hydrogen-bond donors (Lipinski definition) is 1. The Balaban J connectivity index is 2.24. The lowest BCUT2D eigenvalue weighted by atomic mass is 10.3. The lowest BCUT2D eigenvalue weighted by Crippen LogP contribution is -2.21. The number of nitrogens with one attached hydrogen (secondary N) is 1. The molecule has 0 saturated carbocycles. The molecule has 0 aliphatic rings. The van der Waals surface area contributed by atoms with Crippen molar-refractivity contribution in [3.05, 3.63) is 18.0 Å². The molecule has 0 spiro atoms. The molecule has 4 nitrogen and oxygen atoms in total. The van der Waals surface area contributed by atoms with E-state index < -0.39 is 10.8 Å². The molecule has 1 aromatic rings. The SMILES string of the molecule is CC(C)n1ccc(CNCCC(C)S(C)=O)n1. The first-order valence-electron chi connectivity index (χ1n) is 6.07. The van der Waals surface area contributed by atoms with Gasteiger partial charge in [0.1, 0.15) is 0 Å². The van der Waals surface area contributed by atoms with Gasteiger partial charge in [0, 0.05) is 41.1 Å². The molecule has 0 aliphatic heterocycles. The Morgan fingerprint density at radius 3 is 2.71 bits per heavy atom. The summed E-state index contributed by atoms with van der Waals surface area (Å²) in [6.45, 7) is 7.91. The van der Waals surface area contributed by atoms with Crippen LogP contribution in [0, 0.1) is 0 Å². The molecule has 98 valence electrons. The second-order valence-electron chi connectivity index (χ2n) is 4.66. The van der Waals surface area contributed by atoms with Gasteiger partial charge in [-0.3, -0.25) is 8.89 Å². The van der Waals surface area contributed by atoms with E-state index in [1.54, 1.807) is 6.26 Å². The van der Waals surface area contributed by atoms with Crippen molar-refractivity contribution in [2.75, 3.05) is 12.8 Å². The highest BCUT2D eigenvalue weighted by Gasteiger charge is 2.05. The largest absolute Gasteiger partial charge is 0.311 e. The van der Waals surface area contributed by atoms with Crippen LogP contribution in [-0.2, 0) is 17.3 Å². The number of hydrogen-bond acceptors (Lipinski definition) is 3. The average Bonchev–Trinajstić information content (AvgIpc) is 2.72. The first kappa shape index (κ1) is 14.4. The Morgan fingerprint density at radius 2 is 2.18 bits per heavy atom. The fraction of sp³-hybridized carbons (Fsp3) is 0.750. The van der Waals surface area contributed by atoms with Gasteiger partial charge in [0.25, 0.3) is 0 Å². The molecule has 0 amide bonds. The molecule has 0 aliphatic carbocycles. The fourth-order valence-electron chi connectivity index (χ4n) is 1.45. The van der Waals surface area contributed by atoms with Gasteiger partial charge >= 0.3 is 0 Å². The summed E-state index contributed by atoms with van der Waals surface area (Å²) in [7, 11) is -0.720. The minimum Gasteiger partial charge on any atom is -0.311 e. The van der Waals surface area contributed by atoms with Gasteiger partial charge in [0.05, 0.1) is 5.69 Å². The Kier molecular flexibility index (Phi) is 5.85. The van der Waals surface area contributed by atoms with Crippen molar-refractivity contribution in [1.82, 2.24) is 15.1 Å². The van der Waals surface area contributed by atoms with Crippen molar-refractivity contribution in [1.29, 1.82) is 0 Å². The third-order valence-corrected chi connectivity index (χ3v) is 4.16. The lowest BCUT2D eigenvalue weighted by molar-refractivity contribution is 0.520. The summed E-state index contributed by atoms with van der Waals surface area (Å²) in [5, 5.41) is 8.05. The van der Waals surface area contributed by atoms with Crippen LogP contribution in [0.4, 0.5) is 0 Å². The predicted octanol–water partition coefficient (Wildman–Crippen LogP) is 1.71. The topological polar surface area (TPSA) is 46.9 Å². The Hall–Kier alpha value is -0.680. The number of aromatic nitrogens is 2. The van der Waals surface area contributed by atoms with Crippen molar-refractivity contribution in [3.63, 3.8) is 0 Å². The highest BCUT2D eigenvalue weighted by Crippen LogP contribution is 2.04. The van der Waals surface area contributed by atoms with Gasteiger partial charge in [-0.1, -0.05) is 6.92 Å². The van der Waals surface area contributed by atoms with Crippen molar-refractivity contribution >= 4 is 10.8 Å². The highest BCUT2D eigenvalue weighted by atomic mass is 32.2. The summed E-state index contributed by atoms with van der Waals surface area (Å²) in [6.07, 6.45) is 4.70. The predicted molar refractivity (Wildman–Crippen MR) is 72.5 cm³/mol. The third-order valence-electron chi connectivity index (χ3n) is 2.79. The van der Waals surface area contributed by atoms with Gasteiger partial charge in [-0.15, -0.1) is 0 Å². The molecule has 0 saturated heterocycles. The average molecular weight is 257 g/mol. The zero-order valence-corrected chi connectivity index (χ0v) is 12.0. The molecule has 0 fully saturated rings. The first-order chi connectivity index (χ1) is 8.00. The Morgan fingerprint density at radius 1 is 1.47 bits per heavy atom. The molecule has 2 unspecified atom stereocenters. The van der Waals surface area contributed by atoms with Gasteiger partial charge in [-0.05, 0) is 32.9 Å². The van der Waals surface area contributed by atoms with E-state index in [1.165, 1.54) is 0 Å². The third kappa shape index (κ3) is 5.00. The van der Waals surface area contributed by atoms with E-state index >= 15 is 0 Å². The molecule has 1 rings (SSSR count). The smallest absolute Gasteiger partial charge is 0.0762 e. The van der Waals surface area contributed by atoms with Crippen molar-refractivity contribution in [2.45, 2.75) is 45.0 Å². The summed E-state index contributed by atoms with van der Waals surface area (Å²) >= 11 is 0. The maximum atomic E-state index is 11.2. The molecule has 5 heteroatoms. The van der Waals surface area contributed by atoms with Crippen LogP contribution in [0.5, 0.6) is 0 Å². The van der Waals surface area contributed by atoms with Crippen LogP contribution in [0.3, 0.4) is 0 Å². The second kappa shape index (κ2) is 6.91. The van der Waals surface area contributed by atoms with Crippen molar-refractivity contribution in [3.8, 4) is 0 Å². The fourth-order valence-corrected chi connectivity index (χ4v) is 1.90.